The van der Waals surface area contributed by atoms with Gasteiger partial charge in [-0.25, -0.2) is 0 Å². The fourth-order valence-corrected chi connectivity index (χ4v) is 3.17. The van der Waals surface area contributed by atoms with Gasteiger partial charge in [0, 0.05) is 23.6 Å². The molecule has 0 saturated carbocycles. The molecule has 0 aliphatic carbocycles. The summed E-state index contributed by atoms with van der Waals surface area (Å²) in [6.45, 7) is 2.77. The molecule has 2 aromatic carbocycles. The van der Waals surface area contributed by atoms with Crippen LogP contribution in [0.4, 0.5) is 32.0 Å². The maximum Gasteiger partial charge on any atom is 0.573 e. The van der Waals surface area contributed by atoms with E-state index < -0.39 is 58.7 Å². The van der Waals surface area contributed by atoms with Crippen LogP contribution < -0.4 is 25.3 Å². The molecule has 17 heteroatoms. The Morgan fingerprint density at radius 3 is 2.12 bits per heavy atom. The van der Waals surface area contributed by atoms with E-state index in [0.29, 0.717) is 30.0 Å². The Morgan fingerprint density at radius 1 is 0.951 bits per heavy atom. The van der Waals surface area contributed by atoms with Crippen LogP contribution >= 0.6 is 0 Å². The number of halogens is 6. The van der Waals surface area contributed by atoms with Crippen molar-refractivity contribution in [1.82, 2.24) is 4.98 Å². The smallest absolute Gasteiger partial charge is 0.452 e. The van der Waals surface area contributed by atoms with E-state index in [-0.39, 0.29) is 17.7 Å². The molecule has 0 spiro atoms. The summed E-state index contributed by atoms with van der Waals surface area (Å²) in [6.07, 6.45) is -12.3. The second-order valence-corrected chi connectivity index (χ2v) is 7.88. The highest BCUT2D eigenvalue weighted by atomic mass is 19.4. The van der Waals surface area contributed by atoms with Gasteiger partial charge in [-0.3, -0.25) is 14.6 Å². The number of ether oxygens (including phenoxy) is 3. The second kappa shape index (κ2) is 12.7. The van der Waals surface area contributed by atoms with E-state index >= 15 is 0 Å². The zero-order valence-corrected chi connectivity index (χ0v) is 20.9. The average Bonchev–Trinajstić information content (AvgIpc) is 2.79. The van der Waals surface area contributed by atoms with E-state index in [1.54, 1.807) is 6.92 Å². The SMILES string of the molecule is Cc1cc(NC(=O)c2cc(C(F)(F)F)cc(C)c2Oc2ccc(OC(F)(F)F)cc2OC(O)(O)O)ccn1.NC=O. The molecule has 0 unspecified atom stereocenters. The van der Waals surface area contributed by atoms with Crippen molar-refractivity contribution in [2.75, 3.05) is 5.32 Å². The highest BCUT2D eigenvalue weighted by Crippen LogP contribution is 2.41. The number of nitrogens with two attached hydrogens (primary N) is 1. The lowest BCUT2D eigenvalue weighted by molar-refractivity contribution is -0.419. The molecule has 6 N–H and O–H groups in total. The third kappa shape index (κ3) is 10.1. The van der Waals surface area contributed by atoms with Crippen LogP contribution in [0.2, 0.25) is 0 Å². The number of carbonyl (C=O) groups is 2. The van der Waals surface area contributed by atoms with Gasteiger partial charge in [0.15, 0.2) is 11.5 Å². The maximum absolute atomic E-state index is 13.5. The number of nitrogens with one attached hydrogen (secondary N) is 1. The molecular weight excluding hydrogens is 572 g/mol. The largest absolute Gasteiger partial charge is 0.573 e. The number of aromatic nitrogens is 1. The molecule has 1 heterocycles. The fraction of sp³-hybridized carbons (Fsp3) is 0.208. The predicted octanol–water partition coefficient (Wildman–Crippen LogP) is 3.73. The zero-order chi connectivity index (χ0) is 31.2. The molecule has 1 aromatic heterocycles. The van der Waals surface area contributed by atoms with Crippen LogP contribution in [0.15, 0.2) is 48.7 Å². The first-order valence-corrected chi connectivity index (χ1v) is 10.9. The zero-order valence-electron chi connectivity index (χ0n) is 20.9. The van der Waals surface area contributed by atoms with Crippen molar-refractivity contribution in [1.29, 1.82) is 0 Å². The predicted molar refractivity (Wildman–Crippen MR) is 127 cm³/mol. The monoisotopic (exact) mass is 593 g/mol. The van der Waals surface area contributed by atoms with E-state index in [1.165, 1.54) is 18.3 Å². The van der Waals surface area contributed by atoms with Gasteiger partial charge in [-0.15, -0.1) is 13.2 Å². The Bertz CT molecular complexity index is 1390. The summed E-state index contributed by atoms with van der Waals surface area (Å²) in [4.78, 5) is 25.5. The average molecular weight is 593 g/mol. The number of rotatable bonds is 7. The summed E-state index contributed by atoms with van der Waals surface area (Å²) in [5, 5.41) is 29.9. The van der Waals surface area contributed by atoms with Gasteiger partial charge in [-0.2, -0.15) is 13.2 Å². The van der Waals surface area contributed by atoms with Gasteiger partial charge in [-0.05, 0) is 55.8 Å². The number of primary amides is 1. The molecule has 0 radical (unpaired) electrons. The number of alkyl halides is 6. The lowest BCUT2D eigenvalue weighted by atomic mass is 10.0. The number of pyridine rings is 1. The van der Waals surface area contributed by atoms with Crippen LogP contribution in [-0.4, -0.2) is 45.1 Å². The number of aliphatic hydroxyl groups is 3. The summed E-state index contributed by atoms with van der Waals surface area (Å²) in [5.41, 5.74) is 2.76. The van der Waals surface area contributed by atoms with Crippen molar-refractivity contribution in [3.63, 3.8) is 0 Å². The summed E-state index contributed by atoms with van der Waals surface area (Å²) in [5.74, 6) is -4.04. The minimum absolute atomic E-state index is 0.187. The van der Waals surface area contributed by atoms with Crippen LogP contribution in [0.5, 0.6) is 23.0 Å². The molecule has 222 valence electrons. The quantitative estimate of drug-likeness (QED) is 0.155. The molecule has 0 saturated heterocycles. The van der Waals surface area contributed by atoms with Crippen molar-refractivity contribution < 1.29 is 65.5 Å². The minimum Gasteiger partial charge on any atom is -0.452 e. The summed E-state index contributed by atoms with van der Waals surface area (Å²) < 4.78 is 91.9. The highest BCUT2D eigenvalue weighted by molar-refractivity contribution is 6.06. The van der Waals surface area contributed by atoms with Gasteiger partial charge in [0.2, 0.25) is 6.41 Å². The second-order valence-electron chi connectivity index (χ2n) is 7.88. The number of benzene rings is 2. The van der Waals surface area contributed by atoms with Crippen LogP contribution in [0, 0.1) is 13.8 Å². The number of hydrogen-bond donors (Lipinski definition) is 5. The Hall–Kier alpha value is -4.61. The number of hydrogen-bond acceptors (Lipinski definition) is 9. The summed E-state index contributed by atoms with van der Waals surface area (Å²) in [7, 11) is 0. The van der Waals surface area contributed by atoms with E-state index in [4.69, 9.17) is 9.53 Å². The molecule has 0 aliphatic heterocycles. The fourth-order valence-electron chi connectivity index (χ4n) is 3.17. The van der Waals surface area contributed by atoms with E-state index in [1.807, 2.05) is 0 Å². The molecule has 0 atom stereocenters. The minimum atomic E-state index is -5.16. The van der Waals surface area contributed by atoms with Crippen molar-refractivity contribution >= 4 is 18.0 Å². The molecule has 0 bridgehead atoms. The van der Waals surface area contributed by atoms with Crippen LogP contribution in [0.3, 0.4) is 0 Å². The van der Waals surface area contributed by atoms with Crippen molar-refractivity contribution in [2.45, 2.75) is 32.5 Å². The Morgan fingerprint density at radius 2 is 1.59 bits per heavy atom. The first kappa shape index (κ1) is 32.6. The number of aryl methyl sites for hydroxylation is 2. The van der Waals surface area contributed by atoms with Crippen molar-refractivity contribution in [3.05, 3.63) is 71.0 Å². The van der Waals surface area contributed by atoms with Crippen LogP contribution in [0.25, 0.3) is 0 Å². The van der Waals surface area contributed by atoms with E-state index in [9.17, 15) is 46.5 Å². The number of nitrogens with zero attached hydrogens (tertiary/aromatic N) is 1. The van der Waals surface area contributed by atoms with Gasteiger partial charge in [0.1, 0.15) is 11.5 Å². The standard InChI is InChI=1S/C23H18F6N2O7.CH3NO/c1-11-7-13(21(24,25)26)9-16(20(32)31-14-5-6-30-12(2)8-14)19(11)36-17-4-3-15(37-22(27,28)29)10-18(17)38-23(33,34)35;2-1-3/h3-10,33-35H,1-2H3,(H,30,31,32);1H,(H2,2,3). The Labute approximate surface area is 226 Å². The van der Waals surface area contributed by atoms with Crippen molar-refractivity contribution in [2.24, 2.45) is 5.73 Å². The van der Waals surface area contributed by atoms with Crippen LogP contribution in [0.1, 0.15) is 27.2 Å². The van der Waals surface area contributed by atoms with Crippen LogP contribution in [-0.2, 0) is 11.0 Å². The first-order chi connectivity index (χ1) is 18.8. The number of amides is 2. The molecular formula is C24H21F6N3O8. The molecule has 11 nitrogen and oxygen atoms in total. The summed E-state index contributed by atoms with van der Waals surface area (Å²) >= 11 is 0. The van der Waals surface area contributed by atoms with E-state index in [0.717, 1.165) is 13.0 Å². The third-order valence-corrected chi connectivity index (χ3v) is 4.61. The van der Waals surface area contributed by atoms with Gasteiger partial charge in [0.25, 0.3) is 5.91 Å². The van der Waals surface area contributed by atoms with E-state index in [2.05, 4.69) is 25.5 Å². The third-order valence-electron chi connectivity index (χ3n) is 4.61. The molecule has 3 aromatic rings. The molecule has 3 rings (SSSR count). The van der Waals surface area contributed by atoms with Gasteiger partial charge >= 0.3 is 18.7 Å². The summed E-state index contributed by atoms with van der Waals surface area (Å²) in [6, 6.07) is 5.89. The van der Waals surface area contributed by atoms with Gasteiger partial charge in [0.05, 0.1) is 11.1 Å². The normalized spacial score (nSPS) is 11.6. The lowest BCUT2D eigenvalue weighted by Crippen LogP contribution is -2.34. The van der Waals surface area contributed by atoms with Crippen molar-refractivity contribution in [3.8, 4) is 23.0 Å². The molecule has 0 fully saturated rings. The van der Waals surface area contributed by atoms with Gasteiger partial charge < -0.3 is 40.6 Å². The molecule has 0 aliphatic rings. The Kier molecular flexibility index (Phi) is 10.1. The lowest BCUT2D eigenvalue weighted by Gasteiger charge is -2.21. The first-order valence-electron chi connectivity index (χ1n) is 10.9. The molecule has 41 heavy (non-hydrogen) atoms. The topological polar surface area (TPSA) is 173 Å². The number of carbonyl (C=O) groups excluding carboxylic acids is 2. The number of anilines is 1. The Balaban J connectivity index is 0.00000187. The highest BCUT2D eigenvalue weighted by Gasteiger charge is 2.35. The maximum atomic E-state index is 13.5. The molecule has 2 amide bonds. The van der Waals surface area contributed by atoms with Gasteiger partial charge in [-0.1, -0.05) is 0 Å².